The van der Waals surface area contributed by atoms with Gasteiger partial charge in [0.25, 0.3) is 0 Å². The fourth-order valence-corrected chi connectivity index (χ4v) is 1.89. The Labute approximate surface area is 85.1 Å². The SMILES string of the molecule is O=C1C=C2C(=CCN2CC(F)(F)F)CC1. The predicted octanol–water partition coefficient (Wildman–Crippen LogP) is 2.04. The molecule has 0 atom stereocenters. The van der Waals surface area contributed by atoms with E-state index >= 15 is 0 Å². The van der Waals surface area contributed by atoms with E-state index in [1.165, 1.54) is 11.0 Å². The van der Waals surface area contributed by atoms with Gasteiger partial charge in [0.1, 0.15) is 6.54 Å². The van der Waals surface area contributed by atoms with Crippen molar-refractivity contribution in [2.45, 2.75) is 19.0 Å². The molecule has 0 bridgehead atoms. The monoisotopic (exact) mass is 217 g/mol. The van der Waals surface area contributed by atoms with E-state index in [0.717, 1.165) is 5.57 Å². The van der Waals surface area contributed by atoms with Crippen LogP contribution in [0.5, 0.6) is 0 Å². The minimum absolute atomic E-state index is 0.0868. The van der Waals surface area contributed by atoms with Crippen molar-refractivity contribution in [1.29, 1.82) is 0 Å². The molecule has 0 aromatic carbocycles. The molecule has 0 aromatic heterocycles. The molecule has 0 aromatic rings. The fraction of sp³-hybridized carbons (Fsp3) is 0.500. The minimum Gasteiger partial charge on any atom is -0.358 e. The highest BCUT2D eigenvalue weighted by atomic mass is 19.4. The second-order valence-corrected chi connectivity index (χ2v) is 3.72. The Kier molecular flexibility index (Phi) is 2.32. The van der Waals surface area contributed by atoms with Crippen molar-refractivity contribution in [2.75, 3.05) is 13.1 Å². The Morgan fingerprint density at radius 1 is 1.33 bits per heavy atom. The lowest BCUT2D eigenvalue weighted by Crippen LogP contribution is -2.32. The number of halogens is 3. The summed E-state index contributed by atoms with van der Waals surface area (Å²) in [6.07, 6.45) is -0.142. The van der Waals surface area contributed by atoms with Crippen LogP contribution in [-0.2, 0) is 4.79 Å². The summed E-state index contributed by atoms with van der Waals surface area (Å²) in [5.74, 6) is -0.0868. The van der Waals surface area contributed by atoms with Gasteiger partial charge >= 0.3 is 6.18 Å². The number of allylic oxidation sites excluding steroid dienone is 2. The second-order valence-electron chi connectivity index (χ2n) is 3.72. The van der Waals surface area contributed by atoms with Crippen LogP contribution in [0.4, 0.5) is 13.2 Å². The third kappa shape index (κ3) is 2.22. The molecule has 15 heavy (non-hydrogen) atoms. The van der Waals surface area contributed by atoms with Crippen molar-refractivity contribution in [3.8, 4) is 0 Å². The maximum atomic E-state index is 12.2. The summed E-state index contributed by atoms with van der Waals surface area (Å²) >= 11 is 0. The molecule has 0 fully saturated rings. The molecule has 2 aliphatic rings. The minimum atomic E-state index is -4.22. The summed E-state index contributed by atoms with van der Waals surface area (Å²) < 4.78 is 36.6. The molecule has 0 amide bonds. The first kappa shape index (κ1) is 10.3. The van der Waals surface area contributed by atoms with Gasteiger partial charge in [0.15, 0.2) is 5.78 Å². The van der Waals surface area contributed by atoms with E-state index in [1.54, 1.807) is 6.08 Å². The second kappa shape index (κ2) is 3.40. The molecule has 2 nitrogen and oxygen atoms in total. The molecule has 0 N–H and O–H groups in total. The molecule has 1 aliphatic carbocycles. The summed E-state index contributed by atoms with van der Waals surface area (Å²) in [5, 5.41) is 0. The van der Waals surface area contributed by atoms with Crippen LogP contribution < -0.4 is 0 Å². The Morgan fingerprint density at radius 2 is 2.07 bits per heavy atom. The predicted molar refractivity (Wildman–Crippen MR) is 48.0 cm³/mol. The van der Waals surface area contributed by atoms with E-state index in [0.29, 0.717) is 18.5 Å². The number of hydrogen-bond acceptors (Lipinski definition) is 2. The van der Waals surface area contributed by atoms with Gasteiger partial charge in [0, 0.05) is 24.7 Å². The highest BCUT2D eigenvalue weighted by molar-refractivity contribution is 5.92. The summed E-state index contributed by atoms with van der Waals surface area (Å²) in [6, 6.07) is 0. The molecular formula is C10H10F3NO. The van der Waals surface area contributed by atoms with Gasteiger partial charge in [0.2, 0.25) is 0 Å². The fourth-order valence-electron chi connectivity index (χ4n) is 1.89. The number of fused-ring (bicyclic) bond motifs is 1. The van der Waals surface area contributed by atoms with Crippen LogP contribution in [-0.4, -0.2) is 29.9 Å². The zero-order chi connectivity index (χ0) is 11.1. The topological polar surface area (TPSA) is 20.3 Å². The van der Waals surface area contributed by atoms with Crippen LogP contribution in [0, 0.1) is 0 Å². The summed E-state index contributed by atoms with van der Waals surface area (Å²) in [4.78, 5) is 12.3. The van der Waals surface area contributed by atoms with Gasteiger partial charge in [-0.15, -0.1) is 0 Å². The summed E-state index contributed by atoms with van der Waals surface area (Å²) in [6.45, 7) is -0.722. The summed E-state index contributed by atoms with van der Waals surface area (Å²) in [7, 11) is 0. The van der Waals surface area contributed by atoms with Crippen LogP contribution in [0.2, 0.25) is 0 Å². The lowest BCUT2D eigenvalue weighted by Gasteiger charge is -2.24. The first-order valence-electron chi connectivity index (χ1n) is 4.71. The standard InChI is InChI=1S/C10H10F3NO/c11-10(12,13)6-14-4-3-7-1-2-8(15)5-9(7)14/h3,5H,1-2,4,6H2. The van der Waals surface area contributed by atoms with Crippen molar-refractivity contribution in [3.05, 3.63) is 23.4 Å². The average Bonchev–Trinajstić information content (AvgIpc) is 2.46. The van der Waals surface area contributed by atoms with Gasteiger partial charge in [-0.25, -0.2) is 0 Å². The van der Waals surface area contributed by atoms with E-state index < -0.39 is 12.7 Å². The molecule has 0 saturated heterocycles. The van der Waals surface area contributed by atoms with Crippen molar-refractivity contribution < 1.29 is 18.0 Å². The third-order valence-corrected chi connectivity index (χ3v) is 2.54. The molecule has 2 rings (SSSR count). The maximum Gasteiger partial charge on any atom is 0.405 e. The van der Waals surface area contributed by atoms with Gasteiger partial charge < -0.3 is 4.90 Å². The maximum absolute atomic E-state index is 12.2. The quantitative estimate of drug-likeness (QED) is 0.669. The number of carbonyl (C=O) groups excluding carboxylic acids is 1. The lowest BCUT2D eigenvalue weighted by atomic mass is 9.99. The van der Waals surface area contributed by atoms with Crippen molar-refractivity contribution >= 4 is 5.78 Å². The highest BCUT2D eigenvalue weighted by Crippen LogP contribution is 2.32. The zero-order valence-corrected chi connectivity index (χ0v) is 7.97. The first-order chi connectivity index (χ1) is 6.96. The van der Waals surface area contributed by atoms with Crippen molar-refractivity contribution in [3.63, 3.8) is 0 Å². The van der Waals surface area contributed by atoms with E-state index in [-0.39, 0.29) is 12.3 Å². The Bertz CT molecular complexity index is 354. The summed E-state index contributed by atoms with van der Waals surface area (Å²) in [5.41, 5.74) is 1.34. The number of alkyl halides is 3. The first-order valence-corrected chi connectivity index (χ1v) is 4.71. The highest BCUT2D eigenvalue weighted by Gasteiger charge is 2.34. The van der Waals surface area contributed by atoms with Crippen LogP contribution in [0.15, 0.2) is 23.4 Å². The third-order valence-electron chi connectivity index (χ3n) is 2.54. The number of nitrogens with zero attached hydrogens (tertiary/aromatic N) is 1. The van der Waals surface area contributed by atoms with E-state index in [4.69, 9.17) is 0 Å². The zero-order valence-electron chi connectivity index (χ0n) is 7.97. The Hall–Kier alpha value is -1.26. The molecule has 0 spiro atoms. The smallest absolute Gasteiger partial charge is 0.358 e. The Balaban J connectivity index is 2.15. The molecule has 1 aliphatic heterocycles. The van der Waals surface area contributed by atoms with E-state index in [9.17, 15) is 18.0 Å². The molecule has 82 valence electrons. The van der Waals surface area contributed by atoms with Crippen LogP contribution >= 0.6 is 0 Å². The largest absolute Gasteiger partial charge is 0.405 e. The molecule has 5 heteroatoms. The number of rotatable bonds is 1. The molecule has 1 heterocycles. The van der Waals surface area contributed by atoms with Crippen molar-refractivity contribution in [1.82, 2.24) is 4.90 Å². The molecule has 0 saturated carbocycles. The van der Waals surface area contributed by atoms with Gasteiger partial charge in [-0.2, -0.15) is 13.2 Å². The van der Waals surface area contributed by atoms with Gasteiger partial charge in [0.05, 0.1) is 0 Å². The lowest BCUT2D eigenvalue weighted by molar-refractivity contribution is -0.140. The number of hydrogen-bond donors (Lipinski definition) is 0. The molecular weight excluding hydrogens is 207 g/mol. The van der Waals surface area contributed by atoms with Crippen LogP contribution in [0.25, 0.3) is 0 Å². The average molecular weight is 217 g/mol. The van der Waals surface area contributed by atoms with Crippen LogP contribution in [0.1, 0.15) is 12.8 Å². The van der Waals surface area contributed by atoms with Crippen molar-refractivity contribution in [2.24, 2.45) is 0 Å². The normalized spacial score (nSPS) is 21.3. The van der Waals surface area contributed by atoms with E-state index in [1.807, 2.05) is 0 Å². The van der Waals surface area contributed by atoms with Gasteiger partial charge in [-0.1, -0.05) is 6.08 Å². The number of carbonyl (C=O) groups is 1. The van der Waals surface area contributed by atoms with Gasteiger partial charge in [-0.05, 0) is 12.0 Å². The van der Waals surface area contributed by atoms with Crippen LogP contribution in [0.3, 0.4) is 0 Å². The van der Waals surface area contributed by atoms with Gasteiger partial charge in [-0.3, -0.25) is 4.79 Å². The number of ketones is 1. The molecule has 0 unspecified atom stereocenters. The Morgan fingerprint density at radius 3 is 2.73 bits per heavy atom. The van der Waals surface area contributed by atoms with E-state index in [2.05, 4.69) is 0 Å². The molecule has 0 radical (unpaired) electrons.